The zero-order chi connectivity index (χ0) is 11.4. The quantitative estimate of drug-likeness (QED) is 0.361. The minimum atomic E-state index is -0.288. The number of carbonyl (C=O) groups is 1. The second kappa shape index (κ2) is 4.79. The standard InChI is InChI=1S/C11H12N4O/c12-15-13-6-9-5-8-3-1-2-4-10(8)11(7-16)14-9/h1-4,7,9,11,14H,5-6H2. The number of carbonyl (C=O) groups excluding carboxylic acids is 1. The molecule has 0 saturated heterocycles. The van der Waals surface area contributed by atoms with Gasteiger partial charge < -0.3 is 10.1 Å². The van der Waals surface area contributed by atoms with Gasteiger partial charge in [-0.15, -0.1) is 0 Å². The molecule has 0 radical (unpaired) electrons. The van der Waals surface area contributed by atoms with Crippen LogP contribution in [0, 0.1) is 0 Å². The van der Waals surface area contributed by atoms with Gasteiger partial charge in [-0.3, -0.25) is 0 Å². The van der Waals surface area contributed by atoms with Crippen LogP contribution in [0.4, 0.5) is 0 Å². The number of azide groups is 1. The van der Waals surface area contributed by atoms with Crippen molar-refractivity contribution in [2.45, 2.75) is 18.5 Å². The van der Waals surface area contributed by atoms with Gasteiger partial charge in [-0.2, -0.15) is 0 Å². The molecule has 5 nitrogen and oxygen atoms in total. The topological polar surface area (TPSA) is 77.9 Å². The number of hydrogen-bond donors (Lipinski definition) is 1. The highest BCUT2D eigenvalue weighted by Gasteiger charge is 2.24. The fraction of sp³-hybridized carbons (Fsp3) is 0.364. The van der Waals surface area contributed by atoms with Gasteiger partial charge in [0.05, 0.1) is 6.04 Å². The van der Waals surface area contributed by atoms with Crippen molar-refractivity contribution < 1.29 is 4.79 Å². The Balaban J connectivity index is 2.24. The molecule has 0 fully saturated rings. The molecule has 2 rings (SSSR count). The van der Waals surface area contributed by atoms with Crippen molar-refractivity contribution in [1.29, 1.82) is 0 Å². The second-order valence-electron chi connectivity index (χ2n) is 3.79. The molecule has 0 bridgehead atoms. The molecule has 2 unspecified atom stereocenters. The predicted molar refractivity (Wildman–Crippen MR) is 59.9 cm³/mol. The summed E-state index contributed by atoms with van der Waals surface area (Å²) >= 11 is 0. The first-order valence-electron chi connectivity index (χ1n) is 5.15. The normalized spacial score (nSPS) is 23.0. The maximum absolute atomic E-state index is 11.0. The highest BCUT2D eigenvalue weighted by molar-refractivity contribution is 5.63. The molecule has 16 heavy (non-hydrogen) atoms. The van der Waals surface area contributed by atoms with Gasteiger partial charge in [-0.25, -0.2) is 0 Å². The van der Waals surface area contributed by atoms with Gasteiger partial charge in [0.15, 0.2) is 0 Å². The van der Waals surface area contributed by atoms with Crippen LogP contribution in [-0.4, -0.2) is 18.9 Å². The van der Waals surface area contributed by atoms with Crippen molar-refractivity contribution in [1.82, 2.24) is 5.32 Å². The summed E-state index contributed by atoms with van der Waals surface area (Å²) in [5.74, 6) is 0. The Hall–Kier alpha value is -1.84. The van der Waals surface area contributed by atoms with Crippen molar-refractivity contribution in [3.05, 3.63) is 45.8 Å². The van der Waals surface area contributed by atoms with Crippen LogP contribution in [0.25, 0.3) is 10.4 Å². The number of benzene rings is 1. The van der Waals surface area contributed by atoms with Crippen molar-refractivity contribution in [2.24, 2.45) is 5.11 Å². The average molecular weight is 216 g/mol. The van der Waals surface area contributed by atoms with E-state index in [-0.39, 0.29) is 12.1 Å². The van der Waals surface area contributed by atoms with Crippen LogP contribution in [0.15, 0.2) is 29.4 Å². The fourth-order valence-corrected chi connectivity index (χ4v) is 2.06. The molecule has 1 N–H and O–H groups in total. The minimum Gasteiger partial charge on any atom is -0.301 e. The number of nitrogens with one attached hydrogen (secondary N) is 1. The van der Waals surface area contributed by atoms with E-state index in [0.717, 1.165) is 23.8 Å². The Labute approximate surface area is 93.1 Å². The third-order valence-electron chi connectivity index (χ3n) is 2.77. The van der Waals surface area contributed by atoms with Gasteiger partial charge in [0, 0.05) is 17.5 Å². The molecule has 1 aliphatic rings. The van der Waals surface area contributed by atoms with Crippen LogP contribution in [0.1, 0.15) is 17.2 Å². The monoisotopic (exact) mass is 216 g/mol. The molecule has 5 heteroatoms. The maximum atomic E-state index is 11.0. The lowest BCUT2D eigenvalue weighted by molar-refractivity contribution is -0.110. The van der Waals surface area contributed by atoms with E-state index in [9.17, 15) is 4.79 Å². The van der Waals surface area contributed by atoms with Crippen molar-refractivity contribution in [3.8, 4) is 0 Å². The summed E-state index contributed by atoms with van der Waals surface area (Å²) in [7, 11) is 0. The highest BCUT2D eigenvalue weighted by atomic mass is 16.1. The van der Waals surface area contributed by atoms with Gasteiger partial charge in [0.25, 0.3) is 0 Å². The summed E-state index contributed by atoms with van der Waals surface area (Å²) in [5.41, 5.74) is 10.4. The minimum absolute atomic E-state index is 0.0426. The zero-order valence-electron chi connectivity index (χ0n) is 8.71. The molecule has 1 heterocycles. The van der Waals surface area contributed by atoms with Crippen LogP contribution in [-0.2, 0) is 11.2 Å². The van der Waals surface area contributed by atoms with E-state index in [2.05, 4.69) is 15.3 Å². The lowest BCUT2D eigenvalue weighted by Gasteiger charge is -2.29. The van der Waals surface area contributed by atoms with Crippen LogP contribution < -0.4 is 5.32 Å². The smallest absolute Gasteiger partial charge is 0.141 e. The second-order valence-corrected chi connectivity index (χ2v) is 3.79. The van der Waals surface area contributed by atoms with Crippen LogP contribution in [0.2, 0.25) is 0 Å². The largest absolute Gasteiger partial charge is 0.301 e. The van der Waals surface area contributed by atoms with E-state index in [4.69, 9.17) is 5.53 Å². The Morgan fingerprint density at radius 2 is 2.38 bits per heavy atom. The van der Waals surface area contributed by atoms with E-state index >= 15 is 0 Å². The van der Waals surface area contributed by atoms with E-state index in [1.807, 2.05) is 24.3 Å². The Morgan fingerprint density at radius 1 is 1.56 bits per heavy atom. The Kier molecular flexibility index (Phi) is 3.19. The van der Waals surface area contributed by atoms with Crippen LogP contribution in [0.3, 0.4) is 0 Å². The number of nitrogens with zero attached hydrogens (tertiary/aromatic N) is 3. The molecule has 0 spiro atoms. The number of hydrogen-bond acceptors (Lipinski definition) is 3. The Morgan fingerprint density at radius 3 is 3.12 bits per heavy atom. The number of aldehydes is 1. The lowest BCUT2D eigenvalue weighted by atomic mass is 9.91. The molecule has 0 aliphatic carbocycles. The van der Waals surface area contributed by atoms with Crippen molar-refractivity contribution in [3.63, 3.8) is 0 Å². The summed E-state index contributed by atoms with van der Waals surface area (Å²) in [4.78, 5) is 13.7. The molecule has 0 saturated carbocycles. The predicted octanol–water partition coefficient (Wildman–Crippen LogP) is 1.75. The maximum Gasteiger partial charge on any atom is 0.141 e. The third-order valence-corrected chi connectivity index (χ3v) is 2.77. The van der Waals surface area contributed by atoms with Gasteiger partial charge in [0.1, 0.15) is 6.29 Å². The van der Waals surface area contributed by atoms with Gasteiger partial charge in [-0.05, 0) is 23.1 Å². The van der Waals surface area contributed by atoms with E-state index in [1.54, 1.807) is 0 Å². The highest BCUT2D eigenvalue weighted by Crippen LogP contribution is 2.23. The molecule has 0 amide bonds. The van der Waals surface area contributed by atoms with Crippen molar-refractivity contribution in [2.75, 3.05) is 6.54 Å². The number of fused-ring (bicyclic) bond motifs is 1. The SMILES string of the molecule is [N-]=[N+]=NCC1Cc2ccccc2C(C=O)N1. The average Bonchev–Trinajstić information content (AvgIpc) is 2.35. The van der Waals surface area contributed by atoms with E-state index < -0.39 is 0 Å². The first-order valence-corrected chi connectivity index (χ1v) is 5.15. The first kappa shape index (κ1) is 10.7. The van der Waals surface area contributed by atoms with Gasteiger partial charge >= 0.3 is 0 Å². The third kappa shape index (κ3) is 2.05. The molecule has 1 aromatic rings. The van der Waals surface area contributed by atoms with Crippen molar-refractivity contribution >= 4 is 6.29 Å². The molecular weight excluding hydrogens is 204 g/mol. The van der Waals surface area contributed by atoms with Crippen LogP contribution in [0.5, 0.6) is 0 Å². The zero-order valence-corrected chi connectivity index (χ0v) is 8.71. The molecule has 2 atom stereocenters. The number of rotatable bonds is 3. The summed E-state index contributed by atoms with van der Waals surface area (Å²) in [5, 5.41) is 6.70. The molecule has 0 aromatic heterocycles. The summed E-state index contributed by atoms with van der Waals surface area (Å²) < 4.78 is 0. The summed E-state index contributed by atoms with van der Waals surface area (Å²) in [6, 6.07) is 7.59. The molecular formula is C11H12N4O. The summed E-state index contributed by atoms with van der Waals surface area (Å²) in [6.45, 7) is 0.370. The lowest BCUT2D eigenvalue weighted by Crippen LogP contribution is -2.41. The Bertz CT molecular complexity index is 439. The van der Waals surface area contributed by atoms with Crippen LogP contribution >= 0.6 is 0 Å². The summed E-state index contributed by atoms with van der Waals surface area (Å²) in [6.07, 6.45) is 1.68. The fourth-order valence-electron chi connectivity index (χ4n) is 2.06. The van der Waals surface area contributed by atoms with Gasteiger partial charge in [-0.1, -0.05) is 29.4 Å². The van der Waals surface area contributed by atoms with E-state index in [1.165, 1.54) is 0 Å². The first-order chi connectivity index (χ1) is 7.85. The molecule has 1 aliphatic heterocycles. The van der Waals surface area contributed by atoms with E-state index in [0.29, 0.717) is 6.54 Å². The molecule has 82 valence electrons. The van der Waals surface area contributed by atoms with Gasteiger partial charge in [0.2, 0.25) is 0 Å². The molecule has 1 aromatic carbocycles.